The summed E-state index contributed by atoms with van der Waals surface area (Å²) in [6, 6.07) is 7.43. The van der Waals surface area contributed by atoms with Gasteiger partial charge in [-0.15, -0.1) is 0 Å². The van der Waals surface area contributed by atoms with Crippen molar-refractivity contribution in [3.05, 3.63) is 41.8 Å². The predicted molar refractivity (Wildman–Crippen MR) is 61.7 cm³/mol. The lowest BCUT2D eigenvalue weighted by molar-refractivity contribution is -0.135. The number of hydrogen-bond donors (Lipinski definition) is 2. The predicted octanol–water partition coefficient (Wildman–Crippen LogP) is 1.19. The molecule has 2 aromatic rings. The number of rotatable bonds is 3. The van der Waals surface area contributed by atoms with Crippen LogP contribution in [0.5, 0.6) is 0 Å². The molecule has 0 aliphatic rings. The number of aromatic nitrogens is 1. The number of nitrogens with zero attached hydrogens (tertiary/aromatic N) is 1. The normalized spacial score (nSPS) is 10.3. The summed E-state index contributed by atoms with van der Waals surface area (Å²) in [6.45, 7) is -0.504. The maximum Gasteiger partial charge on any atom is 0.322 e. The zero-order chi connectivity index (χ0) is 13.1. The molecule has 0 saturated heterocycles. The van der Waals surface area contributed by atoms with Gasteiger partial charge in [0.05, 0.1) is 0 Å². The van der Waals surface area contributed by atoms with E-state index in [1.54, 1.807) is 18.2 Å². The summed E-state index contributed by atoms with van der Waals surface area (Å²) in [6.07, 6.45) is 0. The van der Waals surface area contributed by atoms with Crippen LogP contribution in [0.15, 0.2) is 30.3 Å². The van der Waals surface area contributed by atoms with Crippen LogP contribution < -0.4 is 5.32 Å². The van der Waals surface area contributed by atoms with E-state index in [4.69, 9.17) is 5.11 Å². The van der Waals surface area contributed by atoms with Crippen molar-refractivity contribution < 1.29 is 19.1 Å². The van der Waals surface area contributed by atoms with E-state index in [-0.39, 0.29) is 11.2 Å². The summed E-state index contributed by atoms with van der Waals surface area (Å²) < 4.78 is 13.5. The zero-order valence-corrected chi connectivity index (χ0v) is 9.18. The Kier molecular flexibility index (Phi) is 3.18. The van der Waals surface area contributed by atoms with Gasteiger partial charge in [-0.25, -0.2) is 9.37 Å². The fourth-order valence-corrected chi connectivity index (χ4v) is 1.48. The van der Waals surface area contributed by atoms with Crippen LogP contribution >= 0.6 is 0 Å². The van der Waals surface area contributed by atoms with Gasteiger partial charge in [0, 0.05) is 5.39 Å². The molecule has 2 rings (SSSR count). The molecule has 1 aromatic carbocycles. The summed E-state index contributed by atoms with van der Waals surface area (Å²) in [7, 11) is 0. The van der Waals surface area contributed by atoms with Crippen molar-refractivity contribution in [3.63, 3.8) is 0 Å². The molecule has 0 aliphatic carbocycles. The fraction of sp³-hybridized carbons (Fsp3) is 0.0833. The summed E-state index contributed by atoms with van der Waals surface area (Å²) in [5.41, 5.74) is 0.0642. The Morgan fingerprint density at radius 3 is 2.78 bits per heavy atom. The molecular formula is C12H9FN2O3. The van der Waals surface area contributed by atoms with E-state index >= 15 is 0 Å². The maximum absolute atomic E-state index is 13.5. The molecule has 0 bridgehead atoms. The van der Waals surface area contributed by atoms with E-state index in [1.165, 1.54) is 12.1 Å². The minimum Gasteiger partial charge on any atom is -0.480 e. The summed E-state index contributed by atoms with van der Waals surface area (Å²) in [4.78, 5) is 25.7. The largest absolute Gasteiger partial charge is 0.480 e. The lowest BCUT2D eigenvalue weighted by Crippen LogP contribution is -2.29. The SMILES string of the molecule is O=C(O)CNC(=O)c1ccc2cccc(F)c2n1. The molecule has 1 amide bonds. The van der Waals surface area contributed by atoms with Crippen LogP contribution in [0.2, 0.25) is 0 Å². The van der Waals surface area contributed by atoms with Gasteiger partial charge in [0.15, 0.2) is 0 Å². The lowest BCUT2D eigenvalue weighted by Gasteiger charge is -2.03. The first-order valence-corrected chi connectivity index (χ1v) is 5.13. The Labute approximate surface area is 101 Å². The second-order valence-corrected chi connectivity index (χ2v) is 3.58. The van der Waals surface area contributed by atoms with E-state index in [1.807, 2.05) is 0 Å². The third kappa shape index (κ3) is 2.42. The fourth-order valence-electron chi connectivity index (χ4n) is 1.48. The van der Waals surface area contributed by atoms with Crippen molar-refractivity contribution in [2.75, 3.05) is 6.54 Å². The Hall–Kier alpha value is -2.50. The van der Waals surface area contributed by atoms with Gasteiger partial charge in [-0.1, -0.05) is 18.2 Å². The maximum atomic E-state index is 13.5. The first kappa shape index (κ1) is 12.0. The van der Waals surface area contributed by atoms with E-state index in [0.29, 0.717) is 5.39 Å². The van der Waals surface area contributed by atoms with Gasteiger partial charge < -0.3 is 10.4 Å². The Morgan fingerprint density at radius 1 is 1.28 bits per heavy atom. The summed E-state index contributed by atoms with van der Waals surface area (Å²) in [5.74, 6) is -2.33. The highest BCUT2D eigenvalue weighted by Crippen LogP contribution is 2.15. The average Bonchev–Trinajstić information content (AvgIpc) is 2.36. The van der Waals surface area contributed by atoms with Gasteiger partial charge in [0.2, 0.25) is 0 Å². The molecule has 6 heteroatoms. The minimum absolute atomic E-state index is 0.0196. The number of halogens is 1. The molecule has 2 N–H and O–H groups in total. The number of nitrogens with one attached hydrogen (secondary N) is 1. The summed E-state index contributed by atoms with van der Waals surface area (Å²) >= 11 is 0. The van der Waals surface area contributed by atoms with Crippen LogP contribution in [-0.4, -0.2) is 28.5 Å². The number of carboxylic acids is 1. The second kappa shape index (κ2) is 4.79. The molecule has 18 heavy (non-hydrogen) atoms. The van der Waals surface area contributed by atoms with Gasteiger partial charge >= 0.3 is 5.97 Å². The molecule has 0 unspecified atom stereocenters. The van der Waals surface area contributed by atoms with Crippen molar-refractivity contribution in [3.8, 4) is 0 Å². The molecule has 0 atom stereocenters. The van der Waals surface area contributed by atoms with Crippen molar-refractivity contribution in [2.45, 2.75) is 0 Å². The molecule has 0 saturated carbocycles. The highest BCUT2D eigenvalue weighted by molar-refractivity contribution is 5.96. The van der Waals surface area contributed by atoms with Crippen LogP contribution in [0.1, 0.15) is 10.5 Å². The molecule has 0 radical (unpaired) electrons. The summed E-state index contributed by atoms with van der Waals surface area (Å²) in [5, 5.41) is 11.2. The Bertz CT molecular complexity index is 628. The molecule has 0 fully saturated rings. The highest BCUT2D eigenvalue weighted by Gasteiger charge is 2.10. The molecule has 5 nitrogen and oxygen atoms in total. The monoisotopic (exact) mass is 248 g/mol. The van der Waals surface area contributed by atoms with Crippen LogP contribution in [0, 0.1) is 5.82 Å². The Morgan fingerprint density at radius 2 is 2.06 bits per heavy atom. The Balaban J connectivity index is 2.32. The highest BCUT2D eigenvalue weighted by atomic mass is 19.1. The van der Waals surface area contributed by atoms with Crippen molar-refractivity contribution in [2.24, 2.45) is 0 Å². The number of aliphatic carboxylic acids is 1. The second-order valence-electron chi connectivity index (χ2n) is 3.58. The zero-order valence-electron chi connectivity index (χ0n) is 9.18. The number of carbonyl (C=O) groups excluding carboxylic acids is 1. The van der Waals surface area contributed by atoms with Crippen LogP contribution in [0.4, 0.5) is 4.39 Å². The smallest absolute Gasteiger partial charge is 0.322 e. The van der Waals surface area contributed by atoms with E-state index in [0.717, 1.165) is 0 Å². The van der Waals surface area contributed by atoms with E-state index in [9.17, 15) is 14.0 Å². The van der Waals surface area contributed by atoms with E-state index in [2.05, 4.69) is 10.3 Å². The number of carbonyl (C=O) groups is 2. The molecule has 1 heterocycles. The number of hydrogen-bond acceptors (Lipinski definition) is 3. The quantitative estimate of drug-likeness (QED) is 0.855. The number of fused-ring (bicyclic) bond motifs is 1. The molecular weight excluding hydrogens is 239 g/mol. The lowest BCUT2D eigenvalue weighted by atomic mass is 10.2. The standard InChI is InChI=1S/C12H9FN2O3/c13-8-3-1-2-7-4-5-9(15-11(7)8)12(18)14-6-10(16)17/h1-5H,6H2,(H,14,18)(H,16,17). The molecule has 92 valence electrons. The third-order valence-electron chi connectivity index (χ3n) is 2.30. The third-order valence-corrected chi connectivity index (χ3v) is 2.30. The van der Waals surface area contributed by atoms with E-state index < -0.39 is 24.2 Å². The first-order chi connectivity index (χ1) is 8.58. The number of benzene rings is 1. The van der Waals surface area contributed by atoms with Crippen LogP contribution in [0.3, 0.4) is 0 Å². The molecule has 0 aliphatic heterocycles. The molecule has 1 aromatic heterocycles. The van der Waals surface area contributed by atoms with Crippen molar-refractivity contribution >= 4 is 22.8 Å². The van der Waals surface area contributed by atoms with Crippen LogP contribution in [0.25, 0.3) is 10.9 Å². The van der Waals surface area contributed by atoms with Gasteiger partial charge in [0.1, 0.15) is 23.6 Å². The van der Waals surface area contributed by atoms with Crippen LogP contribution in [-0.2, 0) is 4.79 Å². The number of carboxylic acid groups (broad SMARTS) is 1. The van der Waals surface area contributed by atoms with Crippen molar-refractivity contribution in [1.82, 2.24) is 10.3 Å². The molecule has 0 spiro atoms. The average molecular weight is 248 g/mol. The number of pyridine rings is 1. The minimum atomic E-state index is -1.16. The van der Waals surface area contributed by atoms with Gasteiger partial charge in [-0.3, -0.25) is 9.59 Å². The van der Waals surface area contributed by atoms with Gasteiger partial charge in [-0.05, 0) is 12.1 Å². The first-order valence-electron chi connectivity index (χ1n) is 5.13. The van der Waals surface area contributed by atoms with Gasteiger partial charge in [0.25, 0.3) is 5.91 Å². The number of para-hydroxylation sites is 1. The number of amides is 1. The van der Waals surface area contributed by atoms with Crippen molar-refractivity contribution in [1.29, 1.82) is 0 Å². The topological polar surface area (TPSA) is 79.3 Å². The van der Waals surface area contributed by atoms with Gasteiger partial charge in [-0.2, -0.15) is 0 Å².